The van der Waals surface area contributed by atoms with Gasteiger partial charge in [0.25, 0.3) is 11.7 Å². The lowest BCUT2D eigenvalue weighted by molar-refractivity contribution is -0.139. The second-order valence-electron chi connectivity index (χ2n) is 8.29. The summed E-state index contributed by atoms with van der Waals surface area (Å²) < 4.78 is 3.59. The molecule has 4 heterocycles. The fraction of sp³-hybridized carbons (Fsp3) is 0.200. The van der Waals surface area contributed by atoms with Crippen LogP contribution in [0.15, 0.2) is 66.9 Å². The van der Waals surface area contributed by atoms with Gasteiger partial charge in [0.1, 0.15) is 11.3 Å². The summed E-state index contributed by atoms with van der Waals surface area (Å²) in [4.78, 5) is 36.5. The van der Waals surface area contributed by atoms with Crippen molar-refractivity contribution in [1.29, 1.82) is 0 Å². The van der Waals surface area contributed by atoms with Gasteiger partial charge in [0, 0.05) is 31.7 Å². The van der Waals surface area contributed by atoms with Gasteiger partial charge in [0.15, 0.2) is 5.76 Å². The largest absolute Gasteiger partial charge is 0.505 e. The Morgan fingerprint density at radius 2 is 1.91 bits per heavy atom. The molecule has 0 bridgehead atoms. The zero-order chi connectivity index (χ0) is 24.7. The number of hydrogen-bond donors (Lipinski definition) is 1. The molecule has 1 amide bonds. The minimum atomic E-state index is -0.832. The number of pyridine rings is 1. The Balaban J connectivity index is 1.62. The van der Waals surface area contributed by atoms with E-state index in [2.05, 4.69) is 9.97 Å². The number of carbonyl (C=O) groups is 2. The number of aromatic nitrogens is 4. The highest BCUT2D eigenvalue weighted by atomic mass is 35.5. The lowest BCUT2D eigenvalue weighted by Gasteiger charge is -2.25. The molecule has 4 aromatic rings. The Kier molecular flexibility index (Phi) is 6.08. The van der Waals surface area contributed by atoms with Crippen LogP contribution in [0.1, 0.15) is 29.4 Å². The van der Waals surface area contributed by atoms with Gasteiger partial charge in [-0.3, -0.25) is 14.0 Å². The van der Waals surface area contributed by atoms with Gasteiger partial charge in [-0.2, -0.15) is 0 Å². The number of nitrogens with zero attached hydrogens (tertiary/aromatic N) is 5. The van der Waals surface area contributed by atoms with E-state index >= 15 is 0 Å². The molecule has 1 saturated heterocycles. The van der Waals surface area contributed by atoms with E-state index in [0.717, 1.165) is 0 Å². The molecule has 35 heavy (non-hydrogen) atoms. The van der Waals surface area contributed by atoms with Crippen molar-refractivity contribution in [3.8, 4) is 0 Å². The van der Waals surface area contributed by atoms with Gasteiger partial charge in [-0.1, -0.05) is 35.3 Å². The molecular weight excluding hydrogens is 489 g/mol. The third kappa shape index (κ3) is 4.09. The maximum Gasteiger partial charge on any atom is 0.295 e. The zero-order valence-electron chi connectivity index (χ0n) is 18.7. The van der Waals surface area contributed by atoms with Gasteiger partial charge in [-0.05, 0) is 43.2 Å². The first kappa shape index (κ1) is 23.1. The molecule has 1 aliphatic heterocycles. The molecule has 1 unspecified atom stereocenters. The molecule has 1 fully saturated rings. The van der Waals surface area contributed by atoms with Crippen molar-refractivity contribution < 1.29 is 14.7 Å². The van der Waals surface area contributed by atoms with Gasteiger partial charge in [0.2, 0.25) is 0 Å². The van der Waals surface area contributed by atoms with Gasteiger partial charge in [-0.15, -0.1) is 0 Å². The molecule has 0 aliphatic carbocycles. The molecule has 8 nitrogen and oxygen atoms in total. The summed E-state index contributed by atoms with van der Waals surface area (Å²) in [6.45, 7) is 2.65. The summed E-state index contributed by atoms with van der Waals surface area (Å²) in [5.74, 6) is -1.72. The number of hydrogen-bond acceptors (Lipinski definition) is 5. The zero-order valence-corrected chi connectivity index (χ0v) is 20.2. The van der Waals surface area contributed by atoms with Crippen molar-refractivity contribution in [3.05, 3.63) is 93.9 Å². The SMILES string of the molecule is Cc1nc2ccccn2c1C(O)=C1C(=O)C(=O)N(CCCn2ccnc2)C1c1ccc(Cl)c(Cl)c1. The van der Waals surface area contributed by atoms with Crippen LogP contribution in [0.4, 0.5) is 0 Å². The summed E-state index contributed by atoms with van der Waals surface area (Å²) in [7, 11) is 0. The standard InChI is InChI=1S/C25H21Cl2N5O3/c1-15-21(31-10-3-2-5-19(31)29-15)23(33)20-22(16-6-7-17(26)18(27)13-16)32(25(35)24(20)34)11-4-9-30-12-8-28-14-30/h2-3,5-8,10,12-14,22,33H,4,9,11H2,1H3. The summed E-state index contributed by atoms with van der Waals surface area (Å²) in [6, 6.07) is 9.55. The molecule has 10 heteroatoms. The highest BCUT2D eigenvalue weighted by Gasteiger charge is 2.46. The van der Waals surface area contributed by atoms with Gasteiger partial charge >= 0.3 is 0 Å². The summed E-state index contributed by atoms with van der Waals surface area (Å²) in [6.07, 6.45) is 7.53. The van der Waals surface area contributed by atoms with E-state index in [9.17, 15) is 14.7 Å². The van der Waals surface area contributed by atoms with Crippen LogP contribution in [0.3, 0.4) is 0 Å². The van der Waals surface area contributed by atoms with Crippen molar-refractivity contribution >= 4 is 46.3 Å². The molecule has 1 aromatic carbocycles. The number of rotatable bonds is 6. The fourth-order valence-corrected chi connectivity index (χ4v) is 4.82. The third-order valence-corrected chi connectivity index (χ3v) is 6.84. The number of aryl methyl sites for hydroxylation is 2. The Morgan fingerprint density at radius 3 is 2.66 bits per heavy atom. The average Bonchev–Trinajstić information content (AvgIpc) is 3.53. The van der Waals surface area contributed by atoms with Gasteiger partial charge < -0.3 is 14.6 Å². The minimum absolute atomic E-state index is 0.00947. The smallest absolute Gasteiger partial charge is 0.295 e. The Hall–Kier alpha value is -3.62. The predicted octanol–water partition coefficient (Wildman–Crippen LogP) is 4.66. The number of fused-ring (bicyclic) bond motifs is 1. The summed E-state index contributed by atoms with van der Waals surface area (Å²) in [5, 5.41) is 12.1. The van der Waals surface area contributed by atoms with E-state index in [1.54, 1.807) is 60.4 Å². The Labute approximate surface area is 211 Å². The van der Waals surface area contributed by atoms with Crippen LogP contribution in [0.2, 0.25) is 10.0 Å². The maximum absolute atomic E-state index is 13.3. The van der Waals surface area contributed by atoms with Crippen LogP contribution in [-0.2, 0) is 16.1 Å². The Bertz CT molecular complexity index is 1480. The summed E-state index contributed by atoms with van der Waals surface area (Å²) in [5.41, 5.74) is 2.08. The van der Waals surface area contributed by atoms with Crippen molar-refractivity contribution in [1.82, 2.24) is 23.8 Å². The first-order chi connectivity index (χ1) is 16.9. The van der Waals surface area contributed by atoms with E-state index in [-0.39, 0.29) is 17.9 Å². The monoisotopic (exact) mass is 509 g/mol. The van der Waals surface area contributed by atoms with Gasteiger partial charge in [-0.25, -0.2) is 9.97 Å². The number of aliphatic hydroxyl groups excluding tert-OH is 1. The fourth-order valence-electron chi connectivity index (χ4n) is 4.51. The summed E-state index contributed by atoms with van der Waals surface area (Å²) >= 11 is 12.4. The predicted molar refractivity (Wildman–Crippen MR) is 132 cm³/mol. The molecule has 178 valence electrons. The van der Waals surface area contributed by atoms with Crippen molar-refractivity contribution in [2.45, 2.75) is 25.9 Å². The van der Waals surface area contributed by atoms with E-state index in [4.69, 9.17) is 23.2 Å². The number of benzene rings is 1. The normalized spacial score (nSPS) is 17.6. The number of amides is 1. The van der Waals surface area contributed by atoms with Gasteiger partial charge in [0.05, 0.1) is 33.7 Å². The quantitative estimate of drug-likeness (QED) is 0.232. The number of halogens is 2. The molecule has 5 rings (SSSR count). The van der Waals surface area contributed by atoms with E-state index in [1.165, 1.54) is 4.90 Å². The molecule has 1 aliphatic rings. The van der Waals surface area contributed by atoms with Crippen molar-refractivity contribution in [2.24, 2.45) is 0 Å². The Morgan fingerprint density at radius 1 is 1.09 bits per heavy atom. The van der Waals surface area contributed by atoms with Crippen molar-refractivity contribution in [3.63, 3.8) is 0 Å². The number of carbonyl (C=O) groups excluding carboxylic acids is 2. The third-order valence-electron chi connectivity index (χ3n) is 6.10. The van der Waals surface area contributed by atoms with E-state index in [1.807, 2.05) is 16.8 Å². The minimum Gasteiger partial charge on any atom is -0.505 e. The first-order valence-corrected chi connectivity index (χ1v) is 11.8. The molecule has 0 spiro atoms. The van der Waals surface area contributed by atoms with Crippen LogP contribution in [-0.4, -0.2) is 47.2 Å². The van der Waals surface area contributed by atoms with Crippen LogP contribution in [0.25, 0.3) is 11.4 Å². The van der Waals surface area contributed by atoms with Crippen molar-refractivity contribution in [2.75, 3.05) is 6.54 Å². The molecule has 0 saturated carbocycles. The highest BCUT2D eigenvalue weighted by molar-refractivity contribution is 6.46. The van der Waals surface area contributed by atoms with E-state index < -0.39 is 17.7 Å². The first-order valence-electron chi connectivity index (χ1n) is 11.0. The molecule has 1 atom stereocenters. The topological polar surface area (TPSA) is 92.7 Å². The second kappa shape index (κ2) is 9.20. The molecule has 1 N–H and O–H groups in total. The van der Waals surface area contributed by atoms with Crippen LogP contribution in [0, 0.1) is 6.92 Å². The number of Topliss-reactive ketones (excluding diaryl/α,β-unsaturated/α-hetero) is 1. The van der Waals surface area contributed by atoms with Crippen LogP contribution in [0.5, 0.6) is 0 Å². The highest BCUT2D eigenvalue weighted by Crippen LogP contribution is 2.41. The molecule has 3 aromatic heterocycles. The lowest BCUT2D eigenvalue weighted by atomic mass is 9.96. The van der Waals surface area contributed by atoms with Crippen LogP contribution < -0.4 is 0 Å². The number of imidazole rings is 2. The molecular formula is C25H21Cl2N5O3. The number of aliphatic hydroxyl groups is 1. The van der Waals surface area contributed by atoms with E-state index in [0.29, 0.717) is 45.6 Å². The second-order valence-corrected chi connectivity index (χ2v) is 9.11. The average molecular weight is 510 g/mol. The lowest BCUT2D eigenvalue weighted by Crippen LogP contribution is -2.31. The number of likely N-dealkylation sites (tertiary alicyclic amines) is 1. The molecule has 0 radical (unpaired) electrons. The van der Waals surface area contributed by atoms with Crippen LogP contribution >= 0.6 is 23.2 Å². The number of ketones is 1. The maximum atomic E-state index is 13.3.